The van der Waals surface area contributed by atoms with E-state index in [9.17, 15) is 14.4 Å². The molecule has 0 bridgehead atoms. The number of aromatic nitrogens is 2. The van der Waals surface area contributed by atoms with Crippen LogP contribution in [0.25, 0.3) is 0 Å². The van der Waals surface area contributed by atoms with Crippen molar-refractivity contribution in [1.82, 2.24) is 20.3 Å². The molecule has 0 aliphatic carbocycles. The van der Waals surface area contributed by atoms with Crippen LogP contribution in [0.2, 0.25) is 10.0 Å². The van der Waals surface area contributed by atoms with E-state index in [1.165, 1.54) is 18.3 Å². The van der Waals surface area contributed by atoms with Crippen LogP contribution in [0.5, 0.6) is 0 Å². The Morgan fingerprint density at radius 3 is 2.38 bits per heavy atom. The van der Waals surface area contributed by atoms with Crippen LogP contribution < -0.4 is 10.8 Å². The summed E-state index contributed by atoms with van der Waals surface area (Å²) in [6.45, 7) is 2.38. The normalized spacial score (nSPS) is 11.7. The molecule has 37 heavy (non-hydrogen) atoms. The van der Waals surface area contributed by atoms with Gasteiger partial charge >= 0.3 is 5.97 Å². The highest BCUT2D eigenvalue weighted by molar-refractivity contribution is 6.42. The Kier molecular flexibility index (Phi) is 10.1. The number of nitrogens with zero attached hydrogens (tertiary/aromatic N) is 2. The number of hydroxylamine groups is 1. The van der Waals surface area contributed by atoms with Gasteiger partial charge in [0.05, 0.1) is 21.8 Å². The average Bonchev–Trinajstić information content (AvgIpc) is 3.27. The van der Waals surface area contributed by atoms with Gasteiger partial charge in [0, 0.05) is 25.4 Å². The largest absolute Gasteiger partial charge is 0.478 e. The number of benzene rings is 2. The second-order valence-electron chi connectivity index (χ2n) is 8.61. The van der Waals surface area contributed by atoms with Gasteiger partial charge in [0.25, 0.3) is 5.91 Å². The summed E-state index contributed by atoms with van der Waals surface area (Å²) in [4.78, 5) is 41.0. The first kappa shape index (κ1) is 28.2. The molecule has 196 valence electrons. The first-order valence-corrected chi connectivity index (χ1v) is 12.5. The SMILES string of the molecule is CCCCc1ncc(C(=O)N[C@@H](CC(=O)NO)Cc2ccc(Cl)c(Cl)c2)n1Cc1ccc(C(=O)O)cc1. The molecule has 3 rings (SSSR count). The Labute approximate surface area is 224 Å². The molecule has 0 aliphatic rings. The number of imidazole rings is 1. The van der Waals surface area contributed by atoms with Gasteiger partial charge in [-0.05, 0) is 48.2 Å². The maximum atomic E-state index is 13.4. The van der Waals surface area contributed by atoms with Crippen molar-refractivity contribution in [1.29, 1.82) is 0 Å². The molecule has 0 unspecified atom stereocenters. The molecule has 1 heterocycles. The number of rotatable bonds is 12. The number of aryl methyl sites for hydroxylation is 1. The molecule has 0 saturated carbocycles. The number of hydrogen-bond donors (Lipinski definition) is 4. The first-order chi connectivity index (χ1) is 17.7. The van der Waals surface area contributed by atoms with Crippen LogP contribution in [-0.2, 0) is 24.2 Å². The monoisotopic (exact) mass is 546 g/mol. The molecule has 0 radical (unpaired) electrons. The zero-order chi connectivity index (χ0) is 26.9. The summed E-state index contributed by atoms with van der Waals surface area (Å²) in [6, 6.07) is 10.8. The highest BCUT2D eigenvalue weighted by Gasteiger charge is 2.22. The first-order valence-electron chi connectivity index (χ1n) is 11.8. The molecule has 0 fully saturated rings. The summed E-state index contributed by atoms with van der Waals surface area (Å²) in [7, 11) is 0. The summed E-state index contributed by atoms with van der Waals surface area (Å²) in [5, 5.41) is 21.8. The Morgan fingerprint density at radius 2 is 1.76 bits per heavy atom. The molecule has 0 saturated heterocycles. The number of amides is 2. The number of hydrogen-bond acceptors (Lipinski definition) is 5. The van der Waals surface area contributed by atoms with Gasteiger partial charge in [-0.25, -0.2) is 15.3 Å². The van der Waals surface area contributed by atoms with Gasteiger partial charge in [-0.2, -0.15) is 0 Å². The van der Waals surface area contributed by atoms with Crippen molar-refractivity contribution < 1.29 is 24.7 Å². The minimum atomic E-state index is -1.02. The summed E-state index contributed by atoms with van der Waals surface area (Å²) in [6.07, 6.45) is 4.08. The number of carbonyl (C=O) groups is 3. The third-order valence-corrected chi connectivity index (χ3v) is 6.56. The molecule has 0 spiro atoms. The smallest absolute Gasteiger partial charge is 0.335 e. The van der Waals surface area contributed by atoms with E-state index in [0.29, 0.717) is 28.7 Å². The lowest BCUT2D eigenvalue weighted by Gasteiger charge is -2.19. The fraction of sp³-hybridized carbons (Fsp3) is 0.308. The van der Waals surface area contributed by atoms with Crippen molar-refractivity contribution in [3.8, 4) is 0 Å². The van der Waals surface area contributed by atoms with Gasteiger partial charge in [-0.3, -0.25) is 14.8 Å². The quantitative estimate of drug-likeness (QED) is 0.195. The van der Waals surface area contributed by atoms with E-state index in [1.54, 1.807) is 40.4 Å². The van der Waals surface area contributed by atoms with E-state index in [4.69, 9.17) is 33.5 Å². The Hall–Kier alpha value is -3.40. The summed E-state index contributed by atoms with van der Waals surface area (Å²) >= 11 is 12.1. The number of aromatic carboxylic acids is 1. The van der Waals surface area contributed by atoms with Gasteiger partial charge in [0.2, 0.25) is 5.91 Å². The van der Waals surface area contributed by atoms with E-state index in [2.05, 4.69) is 17.2 Å². The molecule has 0 aliphatic heterocycles. The van der Waals surface area contributed by atoms with E-state index in [0.717, 1.165) is 29.8 Å². The second kappa shape index (κ2) is 13.2. The second-order valence-corrected chi connectivity index (χ2v) is 9.43. The van der Waals surface area contributed by atoms with Gasteiger partial charge in [0.15, 0.2) is 0 Å². The standard InChI is InChI=1S/C26H28Cl2N4O5/c1-2-3-4-23-29-14-22(32(23)15-16-5-8-18(9-6-16)26(35)36)25(34)30-19(13-24(33)31-37)11-17-7-10-20(27)21(28)12-17/h5-10,12,14,19,37H,2-4,11,13,15H2,1H3,(H,30,34)(H,31,33)(H,35,36)/t19-/m1/s1. The van der Waals surface area contributed by atoms with Crippen molar-refractivity contribution >= 4 is 41.0 Å². The predicted octanol–water partition coefficient (Wildman–Crippen LogP) is 4.52. The van der Waals surface area contributed by atoms with Gasteiger partial charge in [-0.15, -0.1) is 0 Å². The van der Waals surface area contributed by atoms with Crippen LogP contribution in [0.4, 0.5) is 0 Å². The summed E-state index contributed by atoms with van der Waals surface area (Å²) < 4.78 is 1.79. The molecule has 2 aromatic carbocycles. The number of carbonyl (C=O) groups excluding carboxylic acids is 2. The van der Waals surface area contributed by atoms with E-state index >= 15 is 0 Å². The lowest BCUT2D eigenvalue weighted by molar-refractivity contribution is -0.129. The summed E-state index contributed by atoms with van der Waals surface area (Å²) in [5.41, 5.74) is 3.63. The van der Waals surface area contributed by atoms with Crippen LogP contribution in [0.1, 0.15) is 64.0 Å². The molecule has 3 aromatic rings. The summed E-state index contributed by atoms with van der Waals surface area (Å²) in [5.74, 6) is -1.38. The lowest BCUT2D eigenvalue weighted by atomic mass is 10.0. The van der Waals surface area contributed by atoms with Gasteiger partial charge in [0.1, 0.15) is 11.5 Å². The van der Waals surface area contributed by atoms with E-state index in [-0.39, 0.29) is 18.4 Å². The van der Waals surface area contributed by atoms with Crippen LogP contribution in [0.3, 0.4) is 0 Å². The van der Waals surface area contributed by atoms with Crippen molar-refractivity contribution in [3.63, 3.8) is 0 Å². The zero-order valence-corrected chi connectivity index (χ0v) is 21.7. The van der Waals surface area contributed by atoms with Crippen molar-refractivity contribution in [3.05, 3.63) is 86.9 Å². The third kappa shape index (κ3) is 7.79. The van der Waals surface area contributed by atoms with Crippen molar-refractivity contribution in [2.24, 2.45) is 0 Å². The van der Waals surface area contributed by atoms with Crippen molar-refractivity contribution in [2.45, 2.75) is 51.6 Å². The number of nitrogens with one attached hydrogen (secondary N) is 2. The topological polar surface area (TPSA) is 134 Å². The Bertz CT molecular complexity index is 1260. The molecular formula is C26H28Cl2N4O5. The van der Waals surface area contributed by atoms with Crippen LogP contribution >= 0.6 is 23.2 Å². The number of halogens is 2. The Morgan fingerprint density at radius 1 is 1.05 bits per heavy atom. The molecule has 4 N–H and O–H groups in total. The molecule has 9 nitrogen and oxygen atoms in total. The highest BCUT2D eigenvalue weighted by atomic mass is 35.5. The number of carboxylic acids is 1. The fourth-order valence-corrected chi connectivity index (χ4v) is 4.22. The fourth-order valence-electron chi connectivity index (χ4n) is 3.90. The minimum absolute atomic E-state index is 0.171. The lowest BCUT2D eigenvalue weighted by Crippen LogP contribution is -2.41. The third-order valence-electron chi connectivity index (χ3n) is 5.82. The number of unbranched alkanes of at least 4 members (excludes halogenated alkanes) is 1. The van der Waals surface area contributed by atoms with Crippen LogP contribution in [-0.4, -0.2) is 43.7 Å². The van der Waals surface area contributed by atoms with Gasteiger partial charge in [-0.1, -0.05) is 54.7 Å². The minimum Gasteiger partial charge on any atom is -0.478 e. The average molecular weight is 547 g/mol. The Balaban J connectivity index is 1.86. The molecule has 11 heteroatoms. The molecule has 1 atom stereocenters. The van der Waals surface area contributed by atoms with Crippen LogP contribution in [0.15, 0.2) is 48.7 Å². The zero-order valence-electron chi connectivity index (χ0n) is 20.2. The van der Waals surface area contributed by atoms with E-state index in [1.807, 2.05) is 0 Å². The highest BCUT2D eigenvalue weighted by Crippen LogP contribution is 2.23. The maximum Gasteiger partial charge on any atom is 0.335 e. The molecule has 1 aromatic heterocycles. The number of carboxylic acid groups (broad SMARTS) is 1. The van der Waals surface area contributed by atoms with E-state index < -0.39 is 23.8 Å². The predicted molar refractivity (Wildman–Crippen MR) is 139 cm³/mol. The maximum absolute atomic E-state index is 13.4. The molecule has 2 amide bonds. The van der Waals surface area contributed by atoms with Crippen molar-refractivity contribution in [2.75, 3.05) is 0 Å². The molecular weight excluding hydrogens is 519 g/mol. The van der Waals surface area contributed by atoms with Crippen LogP contribution in [0, 0.1) is 0 Å². The van der Waals surface area contributed by atoms with Gasteiger partial charge < -0.3 is 15.0 Å².